The minimum absolute atomic E-state index is 0.222. The van der Waals surface area contributed by atoms with Crippen molar-refractivity contribution in [2.75, 3.05) is 36.8 Å². The third-order valence-corrected chi connectivity index (χ3v) is 5.53. The van der Waals surface area contributed by atoms with E-state index < -0.39 is 0 Å². The second kappa shape index (κ2) is 8.45. The van der Waals surface area contributed by atoms with Gasteiger partial charge in [0.2, 0.25) is 5.91 Å². The van der Waals surface area contributed by atoms with Gasteiger partial charge in [-0.15, -0.1) is 11.8 Å². The molecular formula is C19H21ClN2OS. The van der Waals surface area contributed by atoms with Crippen LogP contribution in [0.2, 0.25) is 5.02 Å². The summed E-state index contributed by atoms with van der Waals surface area (Å²) in [6.45, 7) is 3.37. The Balaban J connectivity index is 1.43. The maximum Gasteiger partial charge on any atom is 0.232 e. The molecule has 24 heavy (non-hydrogen) atoms. The fourth-order valence-corrected chi connectivity index (χ4v) is 4.02. The van der Waals surface area contributed by atoms with E-state index in [1.165, 1.54) is 5.69 Å². The highest BCUT2D eigenvalue weighted by Crippen LogP contribution is 2.21. The number of carbonyl (C=O) groups is 1. The number of rotatable bonds is 5. The van der Waals surface area contributed by atoms with Crippen LogP contribution in [0.25, 0.3) is 0 Å². The minimum Gasteiger partial charge on any atom is -0.368 e. The highest BCUT2D eigenvalue weighted by Gasteiger charge is 2.21. The van der Waals surface area contributed by atoms with Gasteiger partial charge in [-0.1, -0.05) is 48.0 Å². The van der Waals surface area contributed by atoms with E-state index in [1.807, 2.05) is 35.2 Å². The third kappa shape index (κ3) is 4.46. The first kappa shape index (κ1) is 17.2. The van der Waals surface area contributed by atoms with Crippen LogP contribution < -0.4 is 4.90 Å². The number of carbonyl (C=O) groups excluding carboxylic acids is 1. The van der Waals surface area contributed by atoms with Crippen molar-refractivity contribution in [3.05, 3.63) is 65.2 Å². The van der Waals surface area contributed by atoms with Gasteiger partial charge in [0.1, 0.15) is 0 Å². The van der Waals surface area contributed by atoms with Crippen molar-refractivity contribution < 1.29 is 4.79 Å². The van der Waals surface area contributed by atoms with E-state index in [9.17, 15) is 4.79 Å². The number of amides is 1. The number of anilines is 1. The van der Waals surface area contributed by atoms with Crippen LogP contribution in [0.3, 0.4) is 0 Å². The van der Waals surface area contributed by atoms with Crippen molar-refractivity contribution in [3.63, 3.8) is 0 Å². The van der Waals surface area contributed by atoms with Gasteiger partial charge in [-0.2, -0.15) is 0 Å². The molecule has 0 spiro atoms. The molecule has 1 saturated heterocycles. The molecule has 3 nitrogen and oxygen atoms in total. The second-order valence-corrected chi connectivity index (χ2v) is 7.18. The van der Waals surface area contributed by atoms with Crippen molar-refractivity contribution in [3.8, 4) is 0 Å². The van der Waals surface area contributed by atoms with Crippen LogP contribution in [0.15, 0.2) is 54.6 Å². The van der Waals surface area contributed by atoms with E-state index >= 15 is 0 Å². The highest BCUT2D eigenvalue weighted by atomic mass is 35.5. The molecule has 0 unspecified atom stereocenters. The van der Waals surface area contributed by atoms with Crippen LogP contribution in [-0.4, -0.2) is 42.7 Å². The van der Waals surface area contributed by atoms with Crippen molar-refractivity contribution in [1.29, 1.82) is 0 Å². The smallest absolute Gasteiger partial charge is 0.232 e. The van der Waals surface area contributed by atoms with E-state index in [2.05, 4.69) is 29.2 Å². The summed E-state index contributed by atoms with van der Waals surface area (Å²) in [6, 6.07) is 18.2. The lowest BCUT2D eigenvalue weighted by Crippen LogP contribution is -2.49. The molecule has 1 heterocycles. The molecule has 2 aromatic carbocycles. The highest BCUT2D eigenvalue weighted by molar-refractivity contribution is 7.99. The number of piperazine rings is 1. The van der Waals surface area contributed by atoms with Crippen molar-refractivity contribution in [1.82, 2.24) is 4.90 Å². The summed E-state index contributed by atoms with van der Waals surface area (Å²) >= 11 is 7.78. The zero-order valence-corrected chi connectivity index (χ0v) is 15.1. The van der Waals surface area contributed by atoms with Crippen LogP contribution in [0, 0.1) is 0 Å². The van der Waals surface area contributed by atoms with E-state index in [4.69, 9.17) is 11.6 Å². The fraction of sp³-hybridized carbons (Fsp3) is 0.316. The zero-order valence-electron chi connectivity index (χ0n) is 13.5. The Labute approximate surface area is 152 Å². The topological polar surface area (TPSA) is 23.6 Å². The summed E-state index contributed by atoms with van der Waals surface area (Å²) in [5.74, 6) is 1.51. The van der Waals surface area contributed by atoms with Gasteiger partial charge in [0, 0.05) is 42.6 Å². The van der Waals surface area contributed by atoms with Gasteiger partial charge in [-0.3, -0.25) is 4.79 Å². The Bertz CT molecular complexity index is 672. The lowest BCUT2D eigenvalue weighted by molar-refractivity contribution is -0.128. The summed E-state index contributed by atoms with van der Waals surface area (Å²) in [4.78, 5) is 16.7. The number of para-hydroxylation sites is 1. The van der Waals surface area contributed by atoms with Crippen LogP contribution in [0.5, 0.6) is 0 Å². The zero-order chi connectivity index (χ0) is 16.8. The van der Waals surface area contributed by atoms with E-state index in [-0.39, 0.29) is 5.91 Å². The predicted octanol–water partition coefficient (Wildman–Crippen LogP) is 3.92. The van der Waals surface area contributed by atoms with Crippen LogP contribution in [-0.2, 0) is 10.5 Å². The number of halogens is 1. The van der Waals surface area contributed by atoms with Gasteiger partial charge in [0.15, 0.2) is 0 Å². The maximum absolute atomic E-state index is 12.4. The normalized spacial score (nSPS) is 14.7. The van der Waals surface area contributed by atoms with Crippen molar-refractivity contribution >= 4 is 35.0 Å². The van der Waals surface area contributed by atoms with Gasteiger partial charge in [-0.05, 0) is 23.8 Å². The first-order chi connectivity index (χ1) is 11.7. The molecule has 1 fully saturated rings. The van der Waals surface area contributed by atoms with Crippen LogP contribution >= 0.6 is 23.4 Å². The Hall–Kier alpha value is -1.65. The summed E-state index contributed by atoms with van der Waals surface area (Å²) in [5.41, 5.74) is 2.32. The Kier molecular flexibility index (Phi) is 6.05. The third-order valence-electron chi connectivity index (χ3n) is 4.19. The molecule has 3 rings (SSSR count). The van der Waals surface area contributed by atoms with Crippen LogP contribution in [0.1, 0.15) is 5.56 Å². The Morgan fingerprint density at radius 3 is 2.33 bits per heavy atom. The molecule has 126 valence electrons. The van der Waals surface area contributed by atoms with Crippen molar-refractivity contribution in [2.24, 2.45) is 0 Å². The summed E-state index contributed by atoms with van der Waals surface area (Å²) in [5, 5.41) is 0.772. The first-order valence-corrected chi connectivity index (χ1v) is 9.66. The van der Waals surface area contributed by atoms with Gasteiger partial charge >= 0.3 is 0 Å². The standard InChI is InChI=1S/C19H21ClN2OS/c20-18-9-5-4-6-16(18)14-24-15-19(23)22-12-10-21(11-13-22)17-7-2-1-3-8-17/h1-9H,10-15H2. The molecule has 0 bridgehead atoms. The van der Waals surface area contributed by atoms with E-state index in [0.29, 0.717) is 5.75 Å². The lowest BCUT2D eigenvalue weighted by atomic mass is 10.2. The van der Waals surface area contributed by atoms with E-state index in [0.717, 1.165) is 42.5 Å². The molecule has 0 aliphatic carbocycles. The maximum atomic E-state index is 12.4. The fourth-order valence-electron chi connectivity index (χ4n) is 2.81. The lowest BCUT2D eigenvalue weighted by Gasteiger charge is -2.36. The minimum atomic E-state index is 0.222. The molecular weight excluding hydrogens is 340 g/mol. The largest absolute Gasteiger partial charge is 0.368 e. The molecule has 0 radical (unpaired) electrons. The van der Waals surface area contributed by atoms with Gasteiger partial charge in [-0.25, -0.2) is 0 Å². The van der Waals surface area contributed by atoms with Crippen molar-refractivity contribution in [2.45, 2.75) is 5.75 Å². The average molecular weight is 361 g/mol. The summed E-state index contributed by atoms with van der Waals surface area (Å²) in [7, 11) is 0. The summed E-state index contributed by atoms with van der Waals surface area (Å²) in [6.07, 6.45) is 0. The molecule has 0 saturated carbocycles. The molecule has 0 aromatic heterocycles. The van der Waals surface area contributed by atoms with E-state index in [1.54, 1.807) is 11.8 Å². The van der Waals surface area contributed by atoms with Gasteiger partial charge < -0.3 is 9.80 Å². The van der Waals surface area contributed by atoms with Gasteiger partial charge in [0.25, 0.3) is 0 Å². The molecule has 2 aromatic rings. The molecule has 0 N–H and O–H groups in total. The number of thioether (sulfide) groups is 1. The molecule has 0 atom stereocenters. The molecule has 1 aliphatic heterocycles. The molecule has 1 amide bonds. The SMILES string of the molecule is O=C(CSCc1ccccc1Cl)N1CCN(c2ccccc2)CC1. The first-order valence-electron chi connectivity index (χ1n) is 8.13. The number of nitrogens with zero attached hydrogens (tertiary/aromatic N) is 2. The Morgan fingerprint density at radius 1 is 0.958 bits per heavy atom. The molecule has 1 aliphatic rings. The number of benzene rings is 2. The average Bonchev–Trinajstić information content (AvgIpc) is 2.64. The molecule has 5 heteroatoms. The predicted molar refractivity (Wildman–Crippen MR) is 103 cm³/mol. The quantitative estimate of drug-likeness (QED) is 0.807. The Morgan fingerprint density at radius 2 is 1.62 bits per heavy atom. The summed E-state index contributed by atoms with van der Waals surface area (Å²) < 4.78 is 0. The monoisotopic (exact) mass is 360 g/mol. The number of hydrogen-bond acceptors (Lipinski definition) is 3. The second-order valence-electron chi connectivity index (χ2n) is 5.79. The number of hydrogen-bond donors (Lipinski definition) is 0. The van der Waals surface area contributed by atoms with Crippen LogP contribution in [0.4, 0.5) is 5.69 Å². The van der Waals surface area contributed by atoms with Gasteiger partial charge in [0.05, 0.1) is 5.75 Å².